The van der Waals surface area contributed by atoms with Gasteiger partial charge in [0, 0.05) is 11.1 Å². The third-order valence-electron chi connectivity index (χ3n) is 3.59. The average molecular weight is 361 g/mol. The molecule has 136 valence electrons. The lowest BCUT2D eigenvalue weighted by molar-refractivity contribution is -0.147. The number of carbonyl (C=O) groups excluding carboxylic acids is 2. The molecule has 0 N–H and O–H groups in total. The number of hydrogen-bond donors (Lipinski definition) is 0. The van der Waals surface area contributed by atoms with Gasteiger partial charge in [0.1, 0.15) is 24.9 Å². The molecule has 27 heavy (non-hydrogen) atoms. The fourth-order valence-corrected chi connectivity index (χ4v) is 2.33. The normalized spacial score (nSPS) is 9.63. The number of benzene rings is 2. The Balaban J connectivity index is 2.26. The number of nitrogens with zero attached hydrogens (tertiary/aromatic N) is 1. The number of carbonyl (C=O) groups is 2. The van der Waals surface area contributed by atoms with E-state index >= 15 is 0 Å². The minimum Gasteiger partial charge on any atom is -0.459 e. The third kappa shape index (κ3) is 5.41. The van der Waals surface area contributed by atoms with Gasteiger partial charge in [-0.15, -0.1) is 0 Å². The van der Waals surface area contributed by atoms with Crippen molar-refractivity contribution in [1.82, 2.24) is 0 Å². The largest absolute Gasteiger partial charge is 0.459 e. The second kappa shape index (κ2) is 9.73. The molecule has 0 aromatic heterocycles. The minimum absolute atomic E-state index is 0.109. The SMILES string of the molecule is C=C(C)C(=O)OCCOC(=O)C(C#N)=C(c1ccccc1)c1ccccc1. The maximum absolute atomic E-state index is 12.5. The van der Waals surface area contributed by atoms with Crippen molar-refractivity contribution in [3.05, 3.63) is 89.5 Å². The monoisotopic (exact) mass is 361 g/mol. The van der Waals surface area contributed by atoms with Crippen molar-refractivity contribution < 1.29 is 19.1 Å². The Morgan fingerprint density at radius 3 is 1.74 bits per heavy atom. The predicted molar refractivity (Wildman–Crippen MR) is 101 cm³/mol. The number of hydrogen-bond acceptors (Lipinski definition) is 5. The van der Waals surface area contributed by atoms with Crippen molar-refractivity contribution in [3.63, 3.8) is 0 Å². The summed E-state index contributed by atoms with van der Waals surface area (Å²) in [6.07, 6.45) is 0. The van der Waals surface area contributed by atoms with Crippen molar-refractivity contribution in [2.24, 2.45) is 0 Å². The molecule has 0 radical (unpaired) electrons. The van der Waals surface area contributed by atoms with Gasteiger partial charge in [-0.1, -0.05) is 67.2 Å². The van der Waals surface area contributed by atoms with E-state index in [0.29, 0.717) is 5.57 Å². The molecule has 0 spiro atoms. The molecule has 0 saturated carbocycles. The van der Waals surface area contributed by atoms with Crippen LogP contribution in [0.2, 0.25) is 0 Å². The van der Waals surface area contributed by atoms with Gasteiger partial charge in [-0.25, -0.2) is 9.59 Å². The van der Waals surface area contributed by atoms with Gasteiger partial charge in [-0.3, -0.25) is 0 Å². The van der Waals surface area contributed by atoms with Gasteiger partial charge in [0.25, 0.3) is 0 Å². The second-order valence-electron chi connectivity index (χ2n) is 5.65. The summed E-state index contributed by atoms with van der Waals surface area (Å²) in [4.78, 5) is 23.8. The van der Waals surface area contributed by atoms with Gasteiger partial charge in [-0.2, -0.15) is 5.26 Å². The Hall–Kier alpha value is -3.65. The zero-order chi connectivity index (χ0) is 19.6. The van der Waals surface area contributed by atoms with E-state index in [2.05, 4.69) is 6.58 Å². The molecular weight excluding hydrogens is 342 g/mol. The summed E-state index contributed by atoms with van der Waals surface area (Å²) >= 11 is 0. The van der Waals surface area contributed by atoms with Crippen molar-refractivity contribution in [3.8, 4) is 6.07 Å². The topological polar surface area (TPSA) is 76.4 Å². The van der Waals surface area contributed by atoms with E-state index < -0.39 is 11.9 Å². The highest BCUT2D eigenvalue weighted by molar-refractivity contribution is 6.05. The van der Waals surface area contributed by atoms with E-state index in [-0.39, 0.29) is 24.4 Å². The fourth-order valence-electron chi connectivity index (χ4n) is 2.33. The summed E-state index contributed by atoms with van der Waals surface area (Å²) in [7, 11) is 0. The minimum atomic E-state index is -0.772. The van der Waals surface area contributed by atoms with E-state index in [9.17, 15) is 14.9 Å². The van der Waals surface area contributed by atoms with Gasteiger partial charge in [0.05, 0.1) is 0 Å². The Morgan fingerprint density at radius 1 is 0.889 bits per heavy atom. The van der Waals surface area contributed by atoms with Crippen LogP contribution in [-0.2, 0) is 19.1 Å². The van der Waals surface area contributed by atoms with Crippen LogP contribution in [0.5, 0.6) is 0 Å². The van der Waals surface area contributed by atoms with Gasteiger partial charge >= 0.3 is 11.9 Å². The van der Waals surface area contributed by atoms with Crippen molar-refractivity contribution in [1.29, 1.82) is 5.26 Å². The molecule has 0 saturated heterocycles. The molecule has 0 atom stereocenters. The van der Waals surface area contributed by atoms with Crippen LogP contribution in [0.25, 0.3) is 5.57 Å². The molecule has 5 nitrogen and oxygen atoms in total. The molecule has 0 amide bonds. The zero-order valence-corrected chi connectivity index (χ0v) is 15.0. The predicted octanol–water partition coefficient (Wildman–Crippen LogP) is 3.67. The Labute approximate surface area is 158 Å². The molecule has 0 fully saturated rings. The van der Waals surface area contributed by atoms with Crippen LogP contribution < -0.4 is 0 Å². The third-order valence-corrected chi connectivity index (χ3v) is 3.59. The molecule has 2 aromatic carbocycles. The quantitative estimate of drug-likeness (QED) is 0.325. The van der Waals surface area contributed by atoms with Gasteiger partial charge < -0.3 is 9.47 Å². The highest BCUT2D eigenvalue weighted by atomic mass is 16.6. The summed E-state index contributed by atoms with van der Waals surface area (Å²) < 4.78 is 10.0. The Kier molecular flexibility index (Phi) is 7.09. The summed E-state index contributed by atoms with van der Waals surface area (Å²) in [6, 6.07) is 20.3. The summed E-state index contributed by atoms with van der Waals surface area (Å²) in [5.41, 5.74) is 2.09. The first-order valence-corrected chi connectivity index (χ1v) is 8.29. The van der Waals surface area contributed by atoms with E-state index in [0.717, 1.165) is 11.1 Å². The smallest absolute Gasteiger partial charge is 0.349 e. The van der Waals surface area contributed by atoms with Gasteiger partial charge in [0.2, 0.25) is 0 Å². The van der Waals surface area contributed by atoms with Crippen LogP contribution in [0.4, 0.5) is 0 Å². The second-order valence-corrected chi connectivity index (χ2v) is 5.65. The number of esters is 2. The molecule has 0 unspecified atom stereocenters. The van der Waals surface area contributed by atoms with Crippen LogP contribution >= 0.6 is 0 Å². The number of rotatable bonds is 7. The zero-order valence-electron chi connectivity index (χ0n) is 15.0. The maximum Gasteiger partial charge on any atom is 0.349 e. The van der Waals surface area contributed by atoms with E-state index in [1.54, 1.807) is 0 Å². The molecule has 0 aliphatic carbocycles. The van der Waals surface area contributed by atoms with Crippen LogP contribution in [-0.4, -0.2) is 25.2 Å². The molecular formula is C22H19NO4. The van der Waals surface area contributed by atoms with Crippen LogP contribution in [0.15, 0.2) is 78.4 Å². The Morgan fingerprint density at radius 2 is 1.33 bits per heavy atom. The lowest BCUT2D eigenvalue weighted by atomic mass is 9.93. The van der Waals surface area contributed by atoms with E-state index in [1.165, 1.54) is 6.92 Å². The van der Waals surface area contributed by atoms with Crippen molar-refractivity contribution >= 4 is 17.5 Å². The number of ether oxygens (including phenoxy) is 2. The number of nitriles is 1. The molecule has 2 aromatic rings. The maximum atomic E-state index is 12.5. The highest BCUT2D eigenvalue weighted by Gasteiger charge is 2.20. The first kappa shape index (κ1) is 19.7. The first-order valence-electron chi connectivity index (χ1n) is 8.29. The molecule has 5 heteroatoms. The molecule has 0 aliphatic heterocycles. The molecule has 0 aliphatic rings. The van der Waals surface area contributed by atoms with Crippen molar-refractivity contribution in [2.45, 2.75) is 6.92 Å². The summed E-state index contributed by atoms with van der Waals surface area (Å²) in [6.45, 7) is 4.73. The van der Waals surface area contributed by atoms with E-state index in [4.69, 9.17) is 9.47 Å². The highest BCUT2D eigenvalue weighted by Crippen LogP contribution is 2.27. The van der Waals surface area contributed by atoms with E-state index in [1.807, 2.05) is 66.7 Å². The molecule has 0 bridgehead atoms. The van der Waals surface area contributed by atoms with Gasteiger partial charge in [0.15, 0.2) is 0 Å². The van der Waals surface area contributed by atoms with Crippen LogP contribution in [0.1, 0.15) is 18.1 Å². The van der Waals surface area contributed by atoms with Crippen molar-refractivity contribution in [2.75, 3.05) is 13.2 Å². The molecule has 2 rings (SSSR count). The fraction of sp³-hybridized carbons (Fsp3) is 0.136. The van der Waals surface area contributed by atoms with Crippen LogP contribution in [0.3, 0.4) is 0 Å². The first-order chi connectivity index (χ1) is 13.0. The molecule has 0 heterocycles. The summed E-state index contributed by atoms with van der Waals surface area (Å²) in [5, 5.41) is 9.60. The lowest BCUT2D eigenvalue weighted by Crippen LogP contribution is -2.16. The average Bonchev–Trinajstić information content (AvgIpc) is 2.70. The van der Waals surface area contributed by atoms with Gasteiger partial charge in [-0.05, 0) is 18.1 Å². The van der Waals surface area contributed by atoms with Crippen LogP contribution in [0, 0.1) is 11.3 Å². The lowest BCUT2D eigenvalue weighted by Gasteiger charge is -2.12. The summed E-state index contributed by atoms with van der Waals surface area (Å²) in [5.74, 6) is -1.33. The Bertz CT molecular complexity index is 851. The standard InChI is InChI=1S/C22H19NO4/c1-16(2)21(24)26-13-14-27-22(25)19(15-23)20(17-9-5-3-6-10-17)18-11-7-4-8-12-18/h3-12H,1,13-14H2,2H3.